The number of ether oxygens (including phenoxy) is 1. The Morgan fingerprint density at radius 1 is 1.35 bits per heavy atom. The van der Waals surface area contributed by atoms with E-state index in [0.717, 1.165) is 23.7 Å². The van der Waals surface area contributed by atoms with Crippen LogP contribution < -0.4 is 10.1 Å². The fraction of sp³-hybridized carbons (Fsp3) is 0.400. The summed E-state index contributed by atoms with van der Waals surface area (Å²) in [6.45, 7) is 5.44. The molecule has 0 fully saturated rings. The highest BCUT2D eigenvalue weighted by atomic mass is 35.5. The number of nitrogens with zero attached hydrogens (tertiary/aromatic N) is 2. The molecule has 0 spiro atoms. The number of hydrogen-bond acceptors (Lipinski definition) is 3. The van der Waals surface area contributed by atoms with Gasteiger partial charge in [0, 0.05) is 25.2 Å². The van der Waals surface area contributed by atoms with E-state index in [4.69, 9.17) is 16.3 Å². The van der Waals surface area contributed by atoms with Crippen LogP contribution in [0.1, 0.15) is 25.2 Å². The second-order valence-electron chi connectivity index (χ2n) is 4.99. The minimum absolute atomic E-state index is 0.405. The molecule has 1 aromatic carbocycles. The normalized spacial score (nSPS) is 11.1. The van der Waals surface area contributed by atoms with Crippen molar-refractivity contribution >= 4 is 11.6 Å². The van der Waals surface area contributed by atoms with E-state index in [1.54, 1.807) is 6.20 Å². The molecule has 0 aliphatic rings. The Bertz CT molecular complexity index is 566. The average Bonchev–Trinajstić information content (AvgIpc) is 2.75. The van der Waals surface area contributed by atoms with Crippen LogP contribution in [0.2, 0.25) is 5.15 Å². The number of imidazole rings is 1. The highest BCUT2D eigenvalue weighted by Crippen LogP contribution is 2.19. The fourth-order valence-electron chi connectivity index (χ4n) is 1.81. The first kappa shape index (κ1) is 14.9. The highest BCUT2D eigenvalue weighted by Gasteiger charge is 2.08. The smallest absolute Gasteiger partial charge is 0.147 e. The van der Waals surface area contributed by atoms with Gasteiger partial charge in [-0.3, -0.25) is 0 Å². The molecule has 1 N–H and O–H groups in total. The number of hydrogen-bond donors (Lipinski definition) is 1. The van der Waals surface area contributed by atoms with E-state index in [1.807, 2.05) is 29.8 Å². The van der Waals surface area contributed by atoms with Gasteiger partial charge in [-0.1, -0.05) is 43.6 Å². The Labute approximate surface area is 124 Å². The third-order valence-electron chi connectivity index (χ3n) is 3.06. The highest BCUT2D eigenvalue weighted by molar-refractivity contribution is 6.29. The lowest BCUT2D eigenvalue weighted by Crippen LogP contribution is -2.22. The van der Waals surface area contributed by atoms with Crippen LogP contribution in [-0.4, -0.2) is 15.6 Å². The molecule has 0 amide bonds. The molecule has 0 saturated heterocycles. The third kappa shape index (κ3) is 3.74. The summed E-state index contributed by atoms with van der Waals surface area (Å²) >= 11 is 5.96. The van der Waals surface area contributed by atoms with Crippen molar-refractivity contribution in [3.63, 3.8) is 0 Å². The summed E-state index contributed by atoms with van der Waals surface area (Å²) in [5.41, 5.74) is 1.14. The zero-order valence-corrected chi connectivity index (χ0v) is 12.8. The number of benzene rings is 1. The van der Waals surface area contributed by atoms with Gasteiger partial charge in [0.2, 0.25) is 0 Å². The Morgan fingerprint density at radius 2 is 2.10 bits per heavy atom. The number of nitrogens with one attached hydrogen (secondary N) is 1. The standard InChI is InChI=1S/C15H20ClN3O/c1-11(2)17-8-12-6-4-5-7-13(12)20-10-15-18-9-14(16)19(15)3/h4-7,9,11,17H,8,10H2,1-3H3. The third-order valence-corrected chi connectivity index (χ3v) is 3.41. The molecule has 0 radical (unpaired) electrons. The van der Waals surface area contributed by atoms with Gasteiger partial charge in [0.25, 0.3) is 0 Å². The van der Waals surface area contributed by atoms with Gasteiger partial charge in [0.15, 0.2) is 0 Å². The number of halogens is 1. The zero-order chi connectivity index (χ0) is 14.5. The predicted octanol–water partition coefficient (Wildman–Crippen LogP) is 3.15. The summed E-state index contributed by atoms with van der Waals surface area (Å²) in [4.78, 5) is 4.22. The molecule has 0 aliphatic heterocycles. The van der Waals surface area contributed by atoms with Crippen LogP contribution in [0, 0.1) is 0 Å². The minimum Gasteiger partial charge on any atom is -0.485 e. The molecule has 1 aromatic heterocycles. The van der Waals surface area contributed by atoms with Gasteiger partial charge in [-0.2, -0.15) is 0 Å². The van der Waals surface area contributed by atoms with Gasteiger partial charge < -0.3 is 14.6 Å². The van der Waals surface area contributed by atoms with Crippen LogP contribution >= 0.6 is 11.6 Å². The lowest BCUT2D eigenvalue weighted by Gasteiger charge is -2.13. The van der Waals surface area contributed by atoms with Crippen molar-refractivity contribution in [1.82, 2.24) is 14.9 Å². The second kappa shape index (κ2) is 6.77. The van der Waals surface area contributed by atoms with Crippen LogP contribution in [0.3, 0.4) is 0 Å². The van der Waals surface area contributed by atoms with E-state index in [1.165, 1.54) is 0 Å². The fourth-order valence-corrected chi connectivity index (χ4v) is 1.95. The van der Waals surface area contributed by atoms with Crippen molar-refractivity contribution in [2.45, 2.75) is 33.0 Å². The van der Waals surface area contributed by atoms with E-state index in [0.29, 0.717) is 17.8 Å². The molecule has 1 heterocycles. The van der Waals surface area contributed by atoms with Gasteiger partial charge in [-0.25, -0.2) is 4.98 Å². The van der Waals surface area contributed by atoms with Gasteiger partial charge >= 0.3 is 0 Å². The summed E-state index contributed by atoms with van der Waals surface area (Å²) in [7, 11) is 1.88. The maximum atomic E-state index is 5.96. The van der Waals surface area contributed by atoms with Crippen molar-refractivity contribution in [3.8, 4) is 5.75 Å². The van der Waals surface area contributed by atoms with Crippen molar-refractivity contribution in [1.29, 1.82) is 0 Å². The molecule has 108 valence electrons. The van der Waals surface area contributed by atoms with Gasteiger partial charge in [-0.05, 0) is 6.07 Å². The number of rotatable bonds is 6. The van der Waals surface area contributed by atoms with Crippen molar-refractivity contribution in [3.05, 3.63) is 47.0 Å². The molecule has 0 bridgehead atoms. The second-order valence-corrected chi connectivity index (χ2v) is 5.38. The zero-order valence-electron chi connectivity index (χ0n) is 12.1. The van der Waals surface area contributed by atoms with Crippen molar-refractivity contribution in [2.24, 2.45) is 7.05 Å². The maximum absolute atomic E-state index is 5.96. The van der Waals surface area contributed by atoms with Gasteiger partial charge in [-0.15, -0.1) is 0 Å². The van der Waals surface area contributed by atoms with E-state index < -0.39 is 0 Å². The lowest BCUT2D eigenvalue weighted by atomic mass is 10.2. The SMILES string of the molecule is CC(C)NCc1ccccc1OCc1ncc(Cl)n1C. The quantitative estimate of drug-likeness (QED) is 0.889. The molecule has 0 saturated carbocycles. The van der Waals surface area contributed by atoms with E-state index in [2.05, 4.69) is 30.2 Å². The molecule has 0 aliphatic carbocycles. The Balaban J connectivity index is 2.03. The van der Waals surface area contributed by atoms with E-state index >= 15 is 0 Å². The van der Waals surface area contributed by atoms with Crippen LogP contribution in [-0.2, 0) is 20.2 Å². The number of para-hydroxylation sites is 1. The van der Waals surface area contributed by atoms with E-state index in [-0.39, 0.29) is 0 Å². The van der Waals surface area contributed by atoms with Crippen LogP contribution in [0.15, 0.2) is 30.5 Å². The summed E-state index contributed by atoms with van der Waals surface area (Å²) in [6.07, 6.45) is 1.63. The molecule has 0 atom stereocenters. The van der Waals surface area contributed by atoms with E-state index in [9.17, 15) is 0 Å². The lowest BCUT2D eigenvalue weighted by molar-refractivity contribution is 0.288. The largest absolute Gasteiger partial charge is 0.485 e. The van der Waals surface area contributed by atoms with Crippen molar-refractivity contribution < 1.29 is 4.74 Å². The topological polar surface area (TPSA) is 39.1 Å². The first-order valence-corrected chi connectivity index (χ1v) is 7.06. The Kier molecular flexibility index (Phi) is 5.04. The first-order valence-electron chi connectivity index (χ1n) is 6.68. The first-order chi connectivity index (χ1) is 9.58. The van der Waals surface area contributed by atoms with Gasteiger partial charge in [0.05, 0.1) is 6.20 Å². The van der Waals surface area contributed by atoms with Gasteiger partial charge in [0.1, 0.15) is 23.3 Å². The van der Waals surface area contributed by atoms with Crippen LogP contribution in [0.4, 0.5) is 0 Å². The molecule has 20 heavy (non-hydrogen) atoms. The molecule has 0 unspecified atom stereocenters. The molecular weight excluding hydrogens is 274 g/mol. The molecule has 2 aromatic rings. The Morgan fingerprint density at radius 3 is 2.75 bits per heavy atom. The average molecular weight is 294 g/mol. The van der Waals surface area contributed by atoms with Crippen molar-refractivity contribution in [2.75, 3.05) is 0 Å². The molecule has 2 rings (SSSR count). The molecule has 4 nitrogen and oxygen atoms in total. The Hall–Kier alpha value is -1.52. The van der Waals surface area contributed by atoms with Crippen LogP contribution in [0.5, 0.6) is 5.75 Å². The summed E-state index contributed by atoms with van der Waals surface area (Å²) in [5, 5.41) is 4.00. The summed E-state index contributed by atoms with van der Waals surface area (Å²) in [6, 6.07) is 8.47. The predicted molar refractivity (Wildman–Crippen MR) is 81.0 cm³/mol. The van der Waals surface area contributed by atoms with Crippen LogP contribution in [0.25, 0.3) is 0 Å². The summed E-state index contributed by atoms with van der Waals surface area (Å²) < 4.78 is 7.68. The molecule has 5 heteroatoms. The monoisotopic (exact) mass is 293 g/mol. The maximum Gasteiger partial charge on any atom is 0.147 e. The molecular formula is C15H20ClN3O. The summed E-state index contributed by atoms with van der Waals surface area (Å²) in [5.74, 6) is 1.68. The minimum atomic E-state index is 0.405. The number of aromatic nitrogens is 2.